The van der Waals surface area contributed by atoms with Crippen LogP contribution in [0.1, 0.15) is 37.7 Å². The molecule has 0 unspecified atom stereocenters. The molecule has 1 N–H and O–H groups in total. The number of aryl methyl sites for hydroxylation is 1. The lowest BCUT2D eigenvalue weighted by Crippen LogP contribution is -2.45. The second kappa shape index (κ2) is 11.2. The van der Waals surface area contributed by atoms with Gasteiger partial charge in [0.1, 0.15) is 0 Å². The molecule has 2 aliphatic heterocycles. The monoisotopic (exact) mass is 397 g/mol. The van der Waals surface area contributed by atoms with Crippen molar-refractivity contribution in [1.82, 2.24) is 15.3 Å². The molecule has 5 nitrogen and oxygen atoms in total. The smallest absolute Gasteiger partial charge is 0.228 e. The van der Waals surface area contributed by atoms with Gasteiger partial charge in [-0.05, 0) is 69.8 Å². The van der Waals surface area contributed by atoms with Gasteiger partial charge < -0.3 is 9.80 Å². The van der Waals surface area contributed by atoms with Crippen LogP contribution in [0.5, 0.6) is 0 Å². The summed E-state index contributed by atoms with van der Waals surface area (Å²) in [5.41, 5.74) is 3.99. The molecule has 0 bridgehead atoms. The molecule has 1 spiro atoms. The van der Waals surface area contributed by atoms with Crippen molar-refractivity contribution in [3.63, 3.8) is 0 Å². The number of carbonyl (C=O) groups is 1. The van der Waals surface area contributed by atoms with Crippen LogP contribution < -0.4 is 5.48 Å². The van der Waals surface area contributed by atoms with Gasteiger partial charge in [0.05, 0.1) is 12.5 Å². The Hall–Kier alpha value is -2.11. The lowest BCUT2D eigenvalue weighted by atomic mass is 9.77. The summed E-state index contributed by atoms with van der Waals surface area (Å²) in [5.74, 6) is 0.395. The summed E-state index contributed by atoms with van der Waals surface area (Å²) in [7, 11) is 1.58. The highest BCUT2D eigenvalue weighted by atomic mass is 16.6. The molecule has 2 fully saturated rings. The molecular weight excluding hydrogens is 362 g/mol. The highest BCUT2D eigenvalue weighted by Gasteiger charge is 2.47. The fourth-order valence-electron chi connectivity index (χ4n) is 4.49. The van der Waals surface area contributed by atoms with Gasteiger partial charge in [-0.3, -0.25) is 15.1 Å². The van der Waals surface area contributed by atoms with E-state index in [1.165, 1.54) is 12.0 Å². The van der Waals surface area contributed by atoms with Crippen LogP contribution in [0.3, 0.4) is 0 Å². The van der Waals surface area contributed by atoms with Crippen LogP contribution in [0.2, 0.25) is 0 Å². The van der Waals surface area contributed by atoms with Crippen LogP contribution in [0, 0.1) is 5.41 Å². The molecular formula is C24H35N3O2. The van der Waals surface area contributed by atoms with Gasteiger partial charge in [-0.1, -0.05) is 42.5 Å². The first-order chi connectivity index (χ1) is 14.2. The first-order valence-corrected chi connectivity index (χ1v) is 10.9. The van der Waals surface area contributed by atoms with Crippen molar-refractivity contribution in [3.8, 4) is 0 Å². The van der Waals surface area contributed by atoms with Crippen LogP contribution in [-0.2, 0) is 16.1 Å². The fraction of sp³-hybridized carbons (Fsp3) is 0.542. The van der Waals surface area contributed by atoms with Crippen LogP contribution in [0.4, 0.5) is 0 Å². The molecule has 158 valence electrons. The van der Waals surface area contributed by atoms with Crippen LogP contribution in [0.15, 0.2) is 54.8 Å². The topological polar surface area (TPSA) is 44.8 Å². The molecule has 5 heteroatoms. The number of rotatable bonds is 10. The Kier molecular flexibility index (Phi) is 8.32. The molecule has 1 amide bonds. The van der Waals surface area contributed by atoms with E-state index >= 15 is 0 Å². The fourth-order valence-corrected chi connectivity index (χ4v) is 4.49. The number of nitrogens with one attached hydrogen (secondary N) is 1. The first-order valence-electron chi connectivity index (χ1n) is 10.9. The zero-order valence-electron chi connectivity index (χ0n) is 17.7. The third-order valence-electron chi connectivity index (χ3n) is 6.29. The van der Waals surface area contributed by atoms with E-state index in [-0.39, 0.29) is 5.41 Å². The number of hydrogen-bond acceptors (Lipinski definition) is 4. The second-order valence-corrected chi connectivity index (χ2v) is 8.15. The lowest BCUT2D eigenvalue weighted by molar-refractivity contribution is -0.138. The number of piperidine rings is 1. The second-order valence-electron chi connectivity index (χ2n) is 8.15. The highest BCUT2D eigenvalue weighted by molar-refractivity contribution is 5.85. The molecule has 0 radical (unpaired) electrons. The Morgan fingerprint density at radius 2 is 1.83 bits per heavy atom. The quantitative estimate of drug-likeness (QED) is 0.484. The molecule has 0 atom stereocenters. The predicted molar refractivity (Wildman–Crippen MR) is 117 cm³/mol. The Labute approximate surface area is 175 Å². The Bertz CT molecular complexity index is 679. The van der Waals surface area contributed by atoms with Crippen LogP contribution >= 0.6 is 0 Å². The van der Waals surface area contributed by atoms with Gasteiger partial charge >= 0.3 is 0 Å². The van der Waals surface area contributed by atoms with E-state index in [0.29, 0.717) is 5.91 Å². The molecule has 0 aromatic heterocycles. The van der Waals surface area contributed by atoms with E-state index in [2.05, 4.69) is 51.7 Å². The van der Waals surface area contributed by atoms with Gasteiger partial charge in [0, 0.05) is 19.3 Å². The van der Waals surface area contributed by atoms with Crippen molar-refractivity contribution < 1.29 is 9.63 Å². The van der Waals surface area contributed by atoms with Gasteiger partial charge in [0.15, 0.2) is 0 Å². The van der Waals surface area contributed by atoms with E-state index in [4.69, 9.17) is 4.84 Å². The highest BCUT2D eigenvalue weighted by Crippen LogP contribution is 2.41. The summed E-state index contributed by atoms with van der Waals surface area (Å²) in [4.78, 5) is 22.4. The van der Waals surface area contributed by atoms with Crippen molar-refractivity contribution in [1.29, 1.82) is 0 Å². The van der Waals surface area contributed by atoms with Crippen molar-refractivity contribution in [2.45, 2.75) is 38.5 Å². The van der Waals surface area contributed by atoms with E-state index < -0.39 is 0 Å². The van der Waals surface area contributed by atoms with E-state index in [9.17, 15) is 4.79 Å². The number of amides is 1. The third-order valence-corrected chi connectivity index (χ3v) is 6.29. The number of hydrogen-bond donors (Lipinski definition) is 1. The minimum absolute atomic E-state index is 0.0814. The molecule has 29 heavy (non-hydrogen) atoms. The Balaban J connectivity index is 1.36. The molecule has 1 aromatic carbocycles. The van der Waals surface area contributed by atoms with E-state index in [1.54, 1.807) is 13.3 Å². The Morgan fingerprint density at radius 1 is 1.07 bits per heavy atom. The number of hydroxylamine groups is 1. The van der Waals surface area contributed by atoms with Crippen LogP contribution in [-0.4, -0.2) is 55.5 Å². The standard InChI is InChI=1S/C24H35N3O2/c1-29-25-16-7-2-3-8-18-27-21-15-24(23(27)28)13-19-26(20-14-24)17-9-12-22-10-5-4-6-11-22/h2-7,10-11,16,25H,8-9,12-15,17-21H2,1H3/b3-2-,16-7-. The lowest BCUT2D eigenvalue weighted by Gasteiger charge is -2.38. The Morgan fingerprint density at radius 3 is 2.59 bits per heavy atom. The summed E-state index contributed by atoms with van der Waals surface area (Å²) >= 11 is 0. The zero-order valence-corrected chi connectivity index (χ0v) is 17.7. The minimum Gasteiger partial charge on any atom is -0.342 e. The normalized spacial score (nSPS) is 19.8. The number of allylic oxidation sites excluding steroid dienone is 2. The number of likely N-dealkylation sites (tertiary alicyclic amines) is 2. The van der Waals surface area contributed by atoms with Crippen LogP contribution in [0.25, 0.3) is 0 Å². The molecule has 0 aliphatic carbocycles. The summed E-state index contributed by atoms with van der Waals surface area (Å²) in [6.45, 7) is 5.00. The summed E-state index contributed by atoms with van der Waals surface area (Å²) in [6.07, 6.45) is 14.0. The minimum atomic E-state index is -0.0814. The van der Waals surface area contributed by atoms with Gasteiger partial charge in [-0.2, -0.15) is 0 Å². The summed E-state index contributed by atoms with van der Waals surface area (Å²) in [5, 5.41) is 0. The van der Waals surface area contributed by atoms with Crippen molar-refractivity contribution in [2.75, 3.05) is 39.8 Å². The maximum atomic E-state index is 13.0. The average molecular weight is 398 g/mol. The summed E-state index contributed by atoms with van der Waals surface area (Å²) in [6, 6.07) is 10.7. The largest absolute Gasteiger partial charge is 0.342 e. The zero-order chi connectivity index (χ0) is 20.4. The third kappa shape index (κ3) is 6.18. The van der Waals surface area contributed by atoms with Crippen molar-refractivity contribution in [3.05, 3.63) is 60.3 Å². The van der Waals surface area contributed by atoms with Gasteiger partial charge in [-0.15, -0.1) is 0 Å². The number of benzene rings is 1. The van der Waals surface area contributed by atoms with Gasteiger partial charge in [0.25, 0.3) is 0 Å². The first kappa shape index (κ1) is 21.6. The maximum Gasteiger partial charge on any atom is 0.228 e. The molecule has 3 rings (SSSR count). The predicted octanol–water partition coefficient (Wildman–Crippen LogP) is 3.54. The molecule has 2 saturated heterocycles. The SMILES string of the molecule is CON/C=C\C=C/CCN1CCC2(CCN(CCCc3ccccc3)CC2)C1=O. The maximum absolute atomic E-state index is 13.0. The van der Waals surface area contributed by atoms with Crippen molar-refractivity contribution >= 4 is 5.91 Å². The average Bonchev–Trinajstić information content (AvgIpc) is 3.05. The molecule has 1 aromatic rings. The van der Waals surface area contributed by atoms with E-state index in [1.807, 2.05) is 12.2 Å². The molecule has 2 aliphatic rings. The molecule has 0 saturated carbocycles. The van der Waals surface area contributed by atoms with Gasteiger partial charge in [-0.25, -0.2) is 0 Å². The van der Waals surface area contributed by atoms with E-state index in [0.717, 1.165) is 64.8 Å². The van der Waals surface area contributed by atoms with Crippen molar-refractivity contribution in [2.24, 2.45) is 5.41 Å². The van der Waals surface area contributed by atoms with Gasteiger partial charge in [0.2, 0.25) is 5.91 Å². The summed E-state index contributed by atoms with van der Waals surface area (Å²) < 4.78 is 0. The molecule has 2 heterocycles. The number of nitrogens with zero attached hydrogens (tertiary/aromatic N) is 2. The number of carbonyl (C=O) groups excluding carboxylic acids is 1.